The average Bonchev–Trinajstić information content (AvgIpc) is 2.86. The van der Waals surface area contributed by atoms with Crippen molar-refractivity contribution in [3.05, 3.63) is 65.4 Å². The van der Waals surface area contributed by atoms with Gasteiger partial charge in [-0.25, -0.2) is 0 Å². The molecule has 0 saturated heterocycles. The summed E-state index contributed by atoms with van der Waals surface area (Å²) >= 11 is 0. The Morgan fingerprint density at radius 1 is 1.07 bits per heavy atom. The van der Waals surface area contributed by atoms with E-state index in [1.165, 1.54) is 14.0 Å². The monoisotopic (exact) mass is 366 g/mol. The summed E-state index contributed by atoms with van der Waals surface area (Å²) in [6.45, 7) is 1.37. The average molecular weight is 366 g/mol. The van der Waals surface area contributed by atoms with Gasteiger partial charge in [0.1, 0.15) is 5.75 Å². The summed E-state index contributed by atoms with van der Waals surface area (Å²) in [5.74, 6) is -1.62. The molecule has 1 aliphatic rings. The lowest BCUT2D eigenvalue weighted by atomic mass is 10.0. The Labute approximate surface area is 155 Å². The number of aliphatic hydroxyl groups excluding tert-OH is 1. The van der Waals surface area contributed by atoms with Gasteiger partial charge in [-0.05, 0) is 23.8 Å². The van der Waals surface area contributed by atoms with Crippen molar-refractivity contribution in [2.24, 2.45) is 0 Å². The molecule has 7 nitrogen and oxygen atoms in total. The molecule has 1 heterocycles. The lowest BCUT2D eigenvalue weighted by molar-refractivity contribution is -0.138. The van der Waals surface area contributed by atoms with E-state index in [9.17, 15) is 19.5 Å². The summed E-state index contributed by atoms with van der Waals surface area (Å²) < 4.78 is 5.25. The number of para-hydroxylation sites is 1. The van der Waals surface area contributed by atoms with Crippen LogP contribution in [0, 0.1) is 0 Å². The zero-order valence-corrected chi connectivity index (χ0v) is 14.9. The second-order valence-corrected chi connectivity index (χ2v) is 5.99. The summed E-state index contributed by atoms with van der Waals surface area (Å²) in [5, 5.41) is 12.9. The molecule has 3 amide bonds. The van der Waals surface area contributed by atoms with Crippen molar-refractivity contribution in [1.82, 2.24) is 4.90 Å². The topological polar surface area (TPSA) is 95.9 Å². The molecule has 0 unspecified atom stereocenters. The molecule has 0 bridgehead atoms. The third-order valence-corrected chi connectivity index (χ3v) is 4.16. The smallest absolute Gasteiger partial charge is 0.296 e. The second-order valence-electron chi connectivity index (χ2n) is 5.99. The number of nitrogens with zero attached hydrogens (tertiary/aromatic N) is 1. The lowest BCUT2D eigenvalue weighted by Crippen LogP contribution is -2.31. The van der Waals surface area contributed by atoms with Crippen molar-refractivity contribution < 1.29 is 24.2 Å². The minimum absolute atomic E-state index is 0.0147. The highest BCUT2D eigenvalue weighted by atomic mass is 16.5. The van der Waals surface area contributed by atoms with E-state index < -0.39 is 17.6 Å². The number of imide groups is 1. The zero-order chi connectivity index (χ0) is 19.6. The quantitative estimate of drug-likeness (QED) is 0.793. The molecule has 2 N–H and O–H groups in total. The van der Waals surface area contributed by atoms with Crippen molar-refractivity contribution in [2.75, 3.05) is 12.4 Å². The van der Waals surface area contributed by atoms with Crippen molar-refractivity contribution in [3.8, 4) is 5.75 Å². The van der Waals surface area contributed by atoms with Crippen LogP contribution < -0.4 is 10.1 Å². The van der Waals surface area contributed by atoms with E-state index in [-0.39, 0.29) is 18.0 Å². The Morgan fingerprint density at radius 3 is 2.37 bits per heavy atom. The molecule has 27 heavy (non-hydrogen) atoms. The molecule has 0 aliphatic carbocycles. The van der Waals surface area contributed by atoms with Gasteiger partial charge < -0.3 is 15.2 Å². The first-order valence-electron chi connectivity index (χ1n) is 8.21. The number of aliphatic hydroxyl groups is 1. The molecule has 2 aromatic carbocycles. The van der Waals surface area contributed by atoms with Crippen molar-refractivity contribution in [1.29, 1.82) is 0 Å². The molecule has 7 heteroatoms. The number of benzene rings is 2. The third-order valence-electron chi connectivity index (χ3n) is 4.16. The van der Waals surface area contributed by atoms with Crippen LogP contribution in [0.2, 0.25) is 0 Å². The van der Waals surface area contributed by atoms with Crippen LogP contribution in [0.3, 0.4) is 0 Å². The van der Waals surface area contributed by atoms with Gasteiger partial charge in [-0.1, -0.05) is 30.3 Å². The highest BCUT2D eigenvalue weighted by Gasteiger charge is 2.39. The van der Waals surface area contributed by atoms with Crippen molar-refractivity contribution in [3.63, 3.8) is 0 Å². The first-order chi connectivity index (χ1) is 12.9. The molecular weight excluding hydrogens is 348 g/mol. The molecule has 3 rings (SSSR count). The molecule has 0 radical (unpaired) electrons. The number of amides is 3. The lowest BCUT2D eigenvalue weighted by Gasteiger charge is -2.16. The molecular formula is C20H18N2O5. The number of carbonyl (C=O) groups excluding carboxylic acids is 3. The van der Waals surface area contributed by atoms with E-state index in [1.54, 1.807) is 48.5 Å². The van der Waals surface area contributed by atoms with Crippen LogP contribution in [-0.2, 0) is 20.9 Å². The van der Waals surface area contributed by atoms with Gasteiger partial charge >= 0.3 is 0 Å². The Balaban J connectivity index is 1.87. The fourth-order valence-electron chi connectivity index (χ4n) is 2.89. The SMILES string of the molecule is COc1ccccc1CN1C(=O)C(O)=C(c2ccc(NC(C)=O)cc2)C1=O. The molecule has 1 aliphatic heterocycles. The van der Waals surface area contributed by atoms with Gasteiger partial charge in [-0.2, -0.15) is 0 Å². The summed E-state index contributed by atoms with van der Waals surface area (Å²) in [6, 6.07) is 13.4. The summed E-state index contributed by atoms with van der Waals surface area (Å²) in [7, 11) is 1.50. The fourth-order valence-corrected chi connectivity index (χ4v) is 2.89. The Morgan fingerprint density at radius 2 is 1.74 bits per heavy atom. The maximum absolute atomic E-state index is 12.8. The largest absolute Gasteiger partial charge is 0.502 e. The molecule has 0 spiro atoms. The summed E-state index contributed by atoms with van der Waals surface area (Å²) in [6.07, 6.45) is 0. The van der Waals surface area contributed by atoms with Gasteiger partial charge in [0, 0.05) is 18.2 Å². The van der Waals surface area contributed by atoms with Crippen LogP contribution in [0.5, 0.6) is 5.75 Å². The fraction of sp³-hybridized carbons (Fsp3) is 0.150. The van der Waals surface area contributed by atoms with Crippen LogP contribution in [-0.4, -0.2) is 34.8 Å². The maximum Gasteiger partial charge on any atom is 0.296 e. The van der Waals surface area contributed by atoms with E-state index >= 15 is 0 Å². The second kappa shape index (κ2) is 7.33. The Bertz CT molecular complexity index is 947. The molecule has 138 valence electrons. The maximum atomic E-state index is 12.8. The number of nitrogens with one attached hydrogen (secondary N) is 1. The number of anilines is 1. The molecule has 0 aromatic heterocycles. The van der Waals surface area contributed by atoms with Crippen molar-refractivity contribution >= 4 is 29.0 Å². The van der Waals surface area contributed by atoms with Gasteiger partial charge in [0.25, 0.3) is 11.8 Å². The number of hydrogen-bond acceptors (Lipinski definition) is 5. The standard InChI is InChI=1S/C20H18N2O5/c1-12(23)21-15-9-7-13(8-10-15)17-18(24)20(26)22(19(17)25)11-14-5-3-4-6-16(14)27-2/h3-10,24H,11H2,1-2H3,(H,21,23). The predicted octanol–water partition coefficient (Wildman–Crippen LogP) is 2.49. The number of ether oxygens (including phenoxy) is 1. The summed E-state index contributed by atoms with van der Waals surface area (Å²) in [4.78, 5) is 37.3. The first kappa shape index (κ1) is 18.2. The Hall–Kier alpha value is -3.61. The first-order valence-corrected chi connectivity index (χ1v) is 8.21. The highest BCUT2D eigenvalue weighted by molar-refractivity contribution is 6.34. The van der Waals surface area contributed by atoms with Gasteiger partial charge in [0.05, 0.1) is 19.2 Å². The van der Waals surface area contributed by atoms with Gasteiger partial charge in [-0.15, -0.1) is 0 Å². The highest BCUT2D eigenvalue weighted by Crippen LogP contribution is 2.31. The predicted molar refractivity (Wildman–Crippen MR) is 98.8 cm³/mol. The number of rotatable bonds is 5. The normalized spacial score (nSPS) is 13.9. The van der Waals surface area contributed by atoms with E-state index in [2.05, 4.69) is 5.32 Å². The minimum Gasteiger partial charge on any atom is -0.502 e. The van der Waals surface area contributed by atoms with E-state index in [0.717, 1.165) is 4.90 Å². The van der Waals surface area contributed by atoms with Crippen LogP contribution in [0.25, 0.3) is 5.57 Å². The molecule has 0 saturated carbocycles. The van der Waals surface area contributed by atoms with E-state index in [0.29, 0.717) is 22.6 Å². The molecule has 0 atom stereocenters. The molecule has 2 aromatic rings. The van der Waals surface area contributed by atoms with Crippen LogP contribution in [0.1, 0.15) is 18.1 Å². The van der Waals surface area contributed by atoms with Gasteiger partial charge in [0.15, 0.2) is 5.76 Å². The number of methoxy groups -OCH3 is 1. The molecule has 0 fully saturated rings. The van der Waals surface area contributed by atoms with Crippen LogP contribution in [0.4, 0.5) is 5.69 Å². The van der Waals surface area contributed by atoms with Gasteiger partial charge in [-0.3, -0.25) is 19.3 Å². The van der Waals surface area contributed by atoms with Gasteiger partial charge in [0.2, 0.25) is 5.91 Å². The van der Waals surface area contributed by atoms with E-state index in [1.807, 2.05) is 0 Å². The number of carbonyl (C=O) groups is 3. The van der Waals surface area contributed by atoms with Crippen LogP contribution >= 0.6 is 0 Å². The number of hydrogen-bond donors (Lipinski definition) is 2. The van der Waals surface area contributed by atoms with Crippen LogP contribution in [0.15, 0.2) is 54.3 Å². The van der Waals surface area contributed by atoms with Crippen molar-refractivity contribution in [2.45, 2.75) is 13.5 Å². The minimum atomic E-state index is -0.758. The Kier molecular flexibility index (Phi) is 4.94. The van der Waals surface area contributed by atoms with E-state index in [4.69, 9.17) is 4.74 Å². The third kappa shape index (κ3) is 3.52. The summed E-state index contributed by atoms with van der Waals surface area (Å²) in [5.41, 5.74) is 1.53. The zero-order valence-electron chi connectivity index (χ0n) is 14.9.